The number of nitrogens with zero attached hydrogens (tertiary/aromatic N) is 5. The van der Waals surface area contributed by atoms with Crippen molar-refractivity contribution in [3.8, 4) is 0 Å². The first-order valence-corrected chi connectivity index (χ1v) is 9.15. The lowest BCUT2D eigenvalue weighted by molar-refractivity contribution is -0.138. The molecule has 0 spiro atoms. The number of fused-ring (bicyclic) bond motifs is 1. The molecule has 26 heavy (non-hydrogen) atoms. The van der Waals surface area contributed by atoms with Crippen LogP contribution in [0.1, 0.15) is 23.4 Å². The molecule has 2 aromatic heterocycles. The molecule has 1 aliphatic heterocycles. The van der Waals surface area contributed by atoms with Gasteiger partial charge in [-0.2, -0.15) is 0 Å². The molecule has 0 unspecified atom stereocenters. The number of benzene rings is 1. The number of carbonyl (C=O) groups excluding carboxylic acids is 2. The van der Waals surface area contributed by atoms with Crippen LogP contribution in [-0.2, 0) is 16.1 Å². The summed E-state index contributed by atoms with van der Waals surface area (Å²) in [7, 11) is 0. The largest absolute Gasteiger partial charge is 0.277 e. The van der Waals surface area contributed by atoms with Crippen molar-refractivity contribution < 1.29 is 9.59 Å². The maximum atomic E-state index is 12.7. The van der Waals surface area contributed by atoms with E-state index in [4.69, 9.17) is 0 Å². The summed E-state index contributed by atoms with van der Waals surface area (Å²) in [6.45, 7) is 4.14. The average molecular weight is 367 g/mol. The minimum absolute atomic E-state index is 0.157. The summed E-state index contributed by atoms with van der Waals surface area (Å²) in [4.78, 5) is 30.7. The highest BCUT2D eigenvalue weighted by Crippen LogP contribution is 2.31. The van der Waals surface area contributed by atoms with E-state index in [1.54, 1.807) is 0 Å². The first-order chi connectivity index (χ1) is 12.5. The number of aryl methyl sites for hydroxylation is 2. The van der Waals surface area contributed by atoms with Crippen molar-refractivity contribution in [1.29, 1.82) is 0 Å². The van der Waals surface area contributed by atoms with Crippen LogP contribution in [0.5, 0.6) is 0 Å². The Bertz CT molecular complexity index is 1000. The van der Waals surface area contributed by atoms with Crippen molar-refractivity contribution >= 4 is 29.4 Å². The highest BCUT2D eigenvalue weighted by Gasteiger charge is 2.40. The van der Waals surface area contributed by atoms with Gasteiger partial charge in [0.1, 0.15) is 5.25 Å². The smallest absolute Gasteiger partial charge is 0.256 e. The average Bonchev–Trinajstić information content (AvgIpc) is 3.12. The van der Waals surface area contributed by atoms with Crippen LogP contribution in [0.2, 0.25) is 0 Å². The Morgan fingerprint density at radius 1 is 1.15 bits per heavy atom. The molecule has 1 atom stereocenters. The Kier molecular flexibility index (Phi) is 4.20. The van der Waals surface area contributed by atoms with E-state index in [1.807, 2.05) is 54.6 Å². The Hall–Kier alpha value is -2.74. The van der Waals surface area contributed by atoms with Gasteiger partial charge in [0.15, 0.2) is 5.16 Å². The normalized spacial score (nSPS) is 17.5. The monoisotopic (exact) mass is 367 g/mol. The number of aromatic nitrogens is 4. The first kappa shape index (κ1) is 16.7. The molecular weight excluding hydrogens is 350 g/mol. The van der Waals surface area contributed by atoms with Gasteiger partial charge in [-0.05, 0) is 25.5 Å². The predicted octanol–water partition coefficient (Wildman–Crippen LogP) is 2.16. The van der Waals surface area contributed by atoms with Crippen LogP contribution >= 0.6 is 11.8 Å². The van der Waals surface area contributed by atoms with Crippen LogP contribution in [0.15, 0.2) is 41.6 Å². The van der Waals surface area contributed by atoms with E-state index >= 15 is 0 Å². The van der Waals surface area contributed by atoms with Crippen LogP contribution in [0.25, 0.3) is 5.78 Å². The second-order valence-electron chi connectivity index (χ2n) is 6.27. The van der Waals surface area contributed by atoms with Crippen LogP contribution in [0, 0.1) is 13.8 Å². The second-order valence-corrected chi connectivity index (χ2v) is 7.44. The minimum atomic E-state index is -0.487. The fourth-order valence-electron chi connectivity index (χ4n) is 3.08. The fourth-order valence-corrected chi connectivity index (χ4v) is 4.21. The maximum Gasteiger partial charge on any atom is 0.256 e. The zero-order valence-electron chi connectivity index (χ0n) is 14.4. The van der Waals surface area contributed by atoms with Crippen molar-refractivity contribution in [2.45, 2.75) is 37.2 Å². The van der Waals surface area contributed by atoms with Crippen molar-refractivity contribution in [2.75, 3.05) is 0 Å². The van der Waals surface area contributed by atoms with Gasteiger partial charge in [0.2, 0.25) is 11.8 Å². The lowest BCUT2D eigenvalue weighted by atomic mass is 10.2. The molecular formula is C18H17N5O2S. The molecule has 4 rings (SSSR count). The SMILES string of the molecule is Cc1cc(C)n2c(S[C@@H]3CC(=O)N(Cc4ccccc4)C3=O)nnc2n1. The molecule has 1 aromatic carbocycles. The lowest BCUT2D eigenvalue weighted by Gasteiger charge is -2.14. The van der Waals surface area contributed by atoms with Gasteiger partial charge in [0.05, 0.1) is 6.54 Å². The zero-order chi connectivity index (χ0) is 18.3. The van der Waals surface area contributed by atoms with E-state index in [9.17, 15) is 9.59 Å². The van der Waals surface area contributed by atoms with Crippen LogP contribution in [0.4, 0.5) is 0 Å². The molecule has 0 aliphatic carbocycles. The fraction of sp³-hybridized carbons (Fsp3) is 0.278. The van der Waals surface area contributed by atoms with Gasteiger partial charge in [-0.1, -0.05) is 42.1 Å². The van der Waals surface area contributed by atoms with Gasteiger partial charge in [0, 0.05) is 17.8 Å². The molecule has 0 bridgehead atoms. The highest BCUT2D eigenvalue weighted by atomic mass is 32.2. The third kappa shape index (κ3) is 2.96. The number of carbonyl (C=O) groups is 2. The molecule has 2 amide bonds. The number of hydrogen-bond acceptors (Lipinski definition) is 6. The van der Waals surface area contributed by atoms with E-state index in [1.165, 1.54) is 16.7 Å². The minimum Gasteiger partial charge on any atom is -0.277 e. The molecule has 3 aromatic rings. The van der Waals surface area contributed by atoms with Crippen molar-refractivity contribution in [1.82, 2.24) is 24.5 Å². The van der Waals surface area contributed by atoms with Gasteiger partial charge in [-0.3, -0.25) is 18.9 Å². The summed E-state index contributed by atoms with van der Waals surface area (Å²) in [6, 6.07) is 11.4. The van der Waals surface area contributed by atoms with Gasteiger partial charge < -0.3 is 0 Å². The van der Waals surface area contributed by atoms with E-state index in [2.05, 4.69) is 15.2 Å². The molecule has 7 nitrogen and oxygen atoms in total. The van der Waals surface area contributed by atoms with E-state index < -0.39 is 5.25 Å². The summed E-state index contributed by atoms with van der Waals surface area (Å²) in [5.74, 6) is 0.164. The lowest BCUT2D eigenvalue weighted by Crippen LogP contribution is -2.30. The summed E-state index contributed by atoms with van der Waals surface area (Å²) >= 11 is 1.27. The van der Waals surface area contributed by atoms with Crippen LogP contribution < -0.4 is 0 Å². The Morgan fingerprint density at radius 2 is 1.92 bits per heavy atom. The molecule has 3 heterocycles. The van der Waals surface area contributed by atoms with Crippen molar-refractivity contribution in [3.63, 3.8) is 0 Å². The summed E-state index contributed by atoms with van der Waals surface area (Å²) in [6.07, 6.45) is 0.170. The first-order valence-electron chi connectivity index (χ1n) is 8.27. The third-order valence-electron chi connectivity index (χ3n) is 4.30. The Balaban J connectivity index is 1.56. The van der Waals surface area contributed by atoms with Gasteiger partial charge in [0.25, 0.3) is 5.78 Å². The molecule has 0 saturated carbocycles. The predicted molar refractivity (Wildman–Crippen MR) is 96.5 cm³/mol. The molecule has 1 aliphatic rings. The standard InChI is InChI=1S/C18H17N5O2S/c1-11-8-12(2)23-17(19-11)20-21-18(23)26-14-9-15(24)22(16(14)25)10-13-6-4-3-5-7-13/h3-8,14H,9-10H2,1-2H3/t14-/m1/s1. The number of hydrogen-bond donors (Lipinski definition) is 0. The summed E-state index contributed by atoms with van der Waals surface area (Å²) < 4.78 is 1.81. The summed E-state index contributed by atoms with van der Waals surface area (Å²) in [5.41, 5.74) is 2.74. The van der Waals surface area contributed by atoms with E-state index in [0.29, 0.717) is 17.5 Å². The molecule has 0 N–H and O–H groups in total. The van der Waals surface area contributed by atoms with Gasteiger partial charge in [-0.25, -0.2) is 4.98 Å². The topological polar surface area (TPSA) is 80.5 Å². The van der Waals surface area contributed by atoms with Crippen molar-refractivity contribution in [3.05, 3.63) is 53.3 Å². The third-order valence-corrected chi connectivity index (χ3v) is 5.42. The molecule has 8 heteroatoms. The van der Waals surface area contributed by atoms with Crippen LogP contribution in [-0.4, -0.2) is 41.5 Å². The molecule has 1 fully saturated rings. The van der Waals surface area contributed by atoms with Crippen LogP contribution in [0.3, 0.4) is 0 Å². The summed E-state index contributed by atoms with van der Waals surface area (Å²) in [5, 5.41) is 8.34. The Labute approximate surface area is 154 Å². The number of likely N-dealkylation sites (tertiary alicyclic amines) is 1. The highest BCUT2D eigenvalue weighted by molar-refractivity contribution is 8.00. The van der Waals surface area contributed by atoms with Crippen molar-refractivity contribution in [2.24, 2.45) is 0 Å². The van der Waals surface area contributed by atoms with Gasteiger partial charge in [-0.15, -0.1) is 10.2 Å². The Morgan fingerprint density at radius 3 is 2.69 bits per heavy atom. The van der Waals surface area contributed by atoms with Gasteiger partial charge >= 0.3 is 0 Å². The van der Waals surface area contributed by atoms with E-state index in [-0.39, 0.29) is 18.2 Å². The molecule has 132 valence electrons. The number of thioether (sulfide) groups is 1. The molecule has 0 radical (unpaired) electrons. The number of amides is 2. The molecule has 1 saturated heterocycles. The second kappa shape index (κ2) is 6.53. The number of imide groups is 1. The maximum absolute atomic E-state index is 12.7. The number of rotatable bonds is 4. The zero-order valence-corrected chi connectivity index (χ0v) is 15.2. The quantitative estimate of drug-likeness (QED) is 0.658. The van der Waals surface area contributed by atoms with E-state index in [0.717, 1.165) is 17.0 Å².